The predicted molar refractivity (Wildman–Crippen MR) is 104 cm³/mol. The largest absolute Gasteiger partial charge is 0.392 e. The number of fused-ring (bicyclic) bond motifs is 1. The van der Waals surface area contributed by atoms with Crippen LogP contribution in [0.4, 0.5) is 5.69 Å². The van der Waals surface area contributed by atoms with E-state index in [0.29, 0.717) is 11.6 Å². The van der Waals surface area contributed by atoms with Gasteiger partial charge in [0.1, 0.15) is 0 Å². The summed E-state index contributed by atoms with van der Waals surface area (Å²) in [6.45, 7) is 4.55. The van der Waals surface area contributed by atoms with Gasteiger partial charge in [0.05, 0.1) is 22.7 Å². The van der Waals surface area contributed by atoms with Gasteiger partial charge in [0.2, 0.25) is 0 Å². The van der Waals surface area contributed by atoms with Gasteiger partial charge in [0.25, 0.3) is 0 Å². The van der Waals surface area contributed by atoms with Gasteiger partial charge in [-0.1, -0.05) is 27.5 Å². The molecule has 0 radical (unpaired) electrons. The first-order valence-corrected chi connectivity index (χ1v) is 10.0. The molecular formula is C19H22BrClN2O2. The number of halogens is 2. The number of benzene rings is 1. The Bertz CT molecular complexity index is 790. The van der Waals surface area contributed by atoms with E-state index in [1.54, 1.807) is 0 Å². The van der Waals surface area contributed by atoms with E-state index in [1.165, 1.54) is 0 Å². The minimum atomic E-state index is -0.232. The molecule has 1 N–H and O–H groups in total. The van der Waals surface area contributed by atoms with E-state index in [1.807, 2.05) is 19.2 Å². The molecule has 2 fully saturated rings. The van der Waals surface area contributed by atoms with Crippen LogP contribution in [0.3, 0.4) is 0 Å². The molecule has 2 heterocycles. The summed E-state index contributed by atoms with van der Waals surface area (Å²) in [6.07, 6.45) is 4.46. The maximum absolute atomic E-state index is 10.4. The maximum Gasteiger partial charge on any atom is 0.0909 e. The van der Waals surface area contributed by atoms with Crippen LogP contribution in [0, 0.1) is 5.41 Å². The van der Waals surface area contributed by atoms with Crippen LogP contribution >= 0.6 is 27.5 Å². The summed E-state index contributed by atoms with van der Waals surface area (Å²) in [5.74, 6) is 0. The first-order valence-electron chi connectivity index (χ1n) is 8.83. The van der Waals surface area contributed by atoms with Crippen molar-refractivity contribution in [1.29, 1.82) is 0 Å². The van der Waals surface area contributed by atoms with Crippen molar-refractivity contribution in [3.05, 3.63) is 33.9 Å². The Morgan fingerprint density at radius 2 is 2.16 bits per heavy atom. The van der Waals surface area contributed by atoms with Crippen molar-refractivity contribution in [3.8, 4) is 0 Å². The predicted octanol–water partition coefficient (Wildman–Crippen LogP) is 4.41. The Morgan fingerprint density at radius 3 is 2.84 bits per heavy atom. The molecule has 1 saturated carbocycles. The van der Waals surface area contributed by atoms with Gasteiger partial charge in [-0.15, -0.1) is 0 Å². The lowest BCUT2D eigenvalue weighted by Gasteiger charge is -2.57. The van der Waals surface area contributed by atoms with E-state index in [0.717, 1.165) is 53.4 Å². The average Bonchev–Trinajstić information content (AvgIpc) is 2.61. The number of aliphatic hydroxyl groups is 1. The quantitative estimate of drug-likeness (QED) is 0.791. The summed E-state index contributed by atoms with van der Waals surface area (Å²) in [5.41, 5.74) is 1.93. The number of anilines is 1. The lowest BCUT2D eigenvalue weighted by Crippen LogP contribution is -2.62. The number of aromatic nitrogens is 1. The van der Waals surface area contributed by atoms with Crippen LogP contribution < -0.4 is 4.90 Å². The lowest BCUT2D eigenvalue weighted by atomic mass is 9.58. The second kappa shape index (κ2) is 6.69. The molecule has 0 amide bonds. The zero-order valence-electron chi connectivity index (χ0n) is 14.2. The van der Waals surface area contributed by atoms with E-state index < -0.39 is 0 Å². The van der Waals surface area contributed by atoms with Gasteiger partial charge < -0.3 is 14.7 Å². The molecule has 134 valence electrons. The molecule has 2 aromatic rings. The molecule has 2 aliphatic rings. The minimum absolute atomic E-state index is 0.0619. The van der Waals surface area contributed by atoms with E-state index in [9.17, 15) is 5.11 Å². The summed E-state index contributed by atoms with van der Waals surface area (Å²) in [6, 6.07) is 6.01. The van der Waals surface area contributed by atoms with Gasteiger partial charge in [-0.25, -0.2) is 0 Å². The topological polar surface area (TPSA) is 45.6 Å². The number of hydrogen-bond donors (Lipinski definition) is 1. The van der Waals surface area contributed by atoms with E-state index in [-0.39, 0.29) is 17.6 Å². The van der Waals surface area contributed by atoms with Crippen molar-refractivity contribution in [2.24, 2.45) is 5.41 Å². The molecule has 6 heteroatoms. The number of aliphatic hydroxyl groups excluding tert-OH is 1. The first-order chi connectivity index (χ1) is 12.0. The van der Waals surface area contributed by atoms with Gasteiger partial charge in [0, 0.05) is 53.3 Å². The highest BCUT2D eigenvalue weighted by atomic mass is 79.9. The number of pyridine rings is 1. The summed E-state index contributed by atoms with van der Waals surface area (Å²) < 4.78 is 6.83. The van der Waals surface area contributed by atoms with Crippen LogP contribution in [0.15, 0.2) is 28.9 Å². The summed E-state index contributed by atoms with van der Waals surface area (Å²) in [7, 11) is 0. The standard InChI is InChI=1S/C19H22BrClN2O2/c1-2-25-17-11-16(24)19(17)4-7-23(8-5-19)15-3-6-22-18-13(15)9-12(20)10-14(18)21/h3,6,9-10,16-17,24H,2,4-5,7-8,11H2,1H3. The number of rotatable bonds is 3. The highest BCUT2D eigenvalue weighted by molar-refractivity contribution is 9.10. The van der Waals surface area contributed by atoms with E-state index in [4.69, 9.17) is 16.3 Å². The van der Waals surface area contributed by atoms with Crippen LogP contribution in [0.25, 0.3) is 10.9 Å². The van der Waals surface area contributed by atoms with Crippen LogP contribution in [0.1, 0.15) is 26.2 Å². The van der Waals surface area contributed by atoms with Gasteiger partial charge in [-0.3, -0.25) is 4.98 Å². The maximum atomic E-state index is 10.4. The fourth-order valence-electron chi connectivity index (χ4n) is 4.42. The zero-order valence-corrected chi connectivity index (χ0v) is 16.6. The monoisotopic (exact) mass is 424 g/mol. The number of nitrogens with zero attached hydrogens (tertiary/aromatic N) is 2. The second-order valence-corrected chi connectivity index (χ2v) is 8.35. The fourth-order valence-corrected chi connectivity index (χ4v) is 5.28. The second-order valence-electron chi connectivity index (χ2n) is 7.03. The Morgan fingerprint density at radius 1 is 1.40 bits per heavy atom. The highest BCUT2D eigenvalue weighted by Crippen LogP contribution is 2.51. The van der Waals surface area contributed by atoms with Crippen LogP contribution in [0.5, 0.6) is 0 Å². The molecule has 4 rings (SSSR count). The molecule has 4 nitrogen and oxygen atoms in total. The Labute approximate surface area is 161 Å². The Balaban J connectivity index is 1.60. The van der Waals surface area contributed by atoms with Crippen LogP contribution in [-0.2, 0) is 4.74 Å². The van der Waals surface area contributed by atoms with Crippen molar-refractivity contribution in [3.63, 3.8) is 0 Å². The average molecular weight is 426 g/mol. The molecule has 0 bridgehead atoms. The zero-order chi connectivity index (χ0) is 17.6. The van der Waals surface area contributed by atoms with Crippen molar-refractivity contribution in [2.45, 2.75) is 38.4 Å². The third-order valence-electron chi connectivity index (χ3n) is 5.89. The van der Waals surface area contributed by atoms with Crippen molar-refractivity contribution in [2.75, 3.05) is 24.6 Å². The Hall–Kier alpha value is -0.880. The third-order valence-corrected chi connectivity index (χ3v) is 6.63. The normalized spacial score (nSPS) is 25.4. The smallest absolute Gasteiger partial charge is 0.0909 e. The van der Waals surface area contributed by atoms with Crippen LogP contribution in [-0.4, -0.2) is 42.0 Å². The molecular weight excluding hydrogens is 404 g/mol. The molecule has 1 spiro atoms. The van der Waals surface area contributed by atoms with Crippen molar-refractivity contribution < 1.29 is 9.84 Å². The highest BCUT2D eigenvalue weighted by Gasteiger charge is 2.56. The molecule has 1 aromatic carbocycles. The SMILES string of the molecule is CCOC1CC(O)C12CCN(c1ccnc3c(Cl)cc(Br)cc13)CC2. The van der Waals surface area contributed by atoms with Crippen molar-refractivity contribution in [1.82, 2.24) is 4.98 Å². The molecule has 2 atom stereocenters. The Kier molecular flexibility index (Phi) is 4.69. The fraction of sp³-hybridized carbons (Fsp3) is 0.526. The van der Waals surface area contributed by atoms with E-state index in [2.05, 4.69) is 37.9 Å². The number of hydrogen-bond acceptors (Lipinski definition) is 4. The van der Waals surface area contributed by atoms with Gasteiger partial charge >= 0.3 is 0 Å². The third kappa shape index (κ3) is 2.85. The molecule has 1 aliphatic heterocycles. The van der Waals surface area contributed by atoms with E-state index >= 15 is 0 Å². The molecule has 25 heavy (non-hydrogen) atoms. The number of piperidine rings is 1. The number of ether oxygens (including phenoxy) is 1. The van der Waals surface area contributed by atoms with Gasteiger partial charge in [0.15, 0.2) is 0 Å². The molecule has 1 saturated heterocycles. The first kappa shape index (κ1) is 17.5. The minimum Gasteiger partial charge on any atom is -0.392 e. The molecule has 1 aromatic heterocycles. The van der Waals surface area contributed by atoms with Crippen molar-refractivity contribution >= 4 is 44.1 Å². The molecule has 2 unspecified atom stereocenters. The molecule has 1 aliphatic carbocycles. The van der Waals surface area contributed by atoms with Gasteiger partial charge in [-0.05, 0) is 38.0 Å². The van der Waals surface area contributed by atoms with Gasteiger partial charge in [-0.2, -0.15) is 0 Å². The summed E-state index contributed by atoms with van der Waals surface area (Å²) in [4.78, 5) is 6.82. The summed E-state index contributed by atoms with van der Waals surface area (Å²) >= 11 is 9.89. The summed E-state index contributed by atoms with van der Waals surface area (Å²) in [5, 5.41) is 12.1. The van der Waals surface area contributed by atoms with Crippen LogP contribution in [0.2, 0.25) is 5.02 Å². The lowest BCUT2D eigenvalue weighted by molar-refractivity contribution is -0.199.